The fourth-order valence-electron chi connectivity index (χ4n) is 1.59. The van der Waals surface area contributed by atoms with Gasteiger partial charge in [0.15, 0.2) is 0 Å². The molecule has 0 spiro atoms. The van der Waals surface area contributed by atoms with Gasteiger partial charge in [-0.05, 0) is 17.8 Å². The molecule has 0 aliphatic carbocycles. The van der Waals surface area contributed by atoms with Gasteiger partial charge in [-0.2, -0.15) is 0 Å². The molecule has 1 heterocycles. The Morgan fingerprint density at radius 3 is 2.50 bits per heavy atom. The van der Waals surface area contributed by atoms with Crippen molar-refractivity contribution >= 4 is 6.08 Å². The number of nitrogens with one attached hydrogen (secondary N) is 1. The highest BCUT2D eigenvalue weighted by Crippen LogP contribution is 2.03. The Labute approximate surface area is 85.2 Å². The Bertz CT molecular complexity index is 286. The summed E-state index contributed by atoms with van der Waals surface area (Å²) in [6, 6.07) is 10.4. The van der Waals surface area contributed by atoms with E-state index in [-0.39, 0.29) is 0 Å². The Hall–Kier alpha value is -1.28. The van der Waals surface area contributed by atoms with Gasteiger partial charge in [0.25, 0.3) is 0 Å². The third-order valence-electron chi connectivity index (χ3n) is 2.43. The van der Waals surface area contributed by atoms with E-state index in [4.69, 9.17) is 0 Å². The van der Waals surface area contributed by atoms with Crippen LogP contribution in [0.2, 0.25) is 0 Å². The Morgan fingerprint density at radius 1 is 1.07 bits per heavy atom. The Balaban J connectivity index is 1.93. The molecule has 14 heavy (non-hydrogen) atoms. The summed E-state index contributed by atoms with van der Waals surface area (Å²) < 4.78 is 0. The van der Waals surface area contributed by atoms with Crippen molar-refractivity contribution in [3.8, 4) is 0 Å². The summed E-state index contributed by atoms with van der Waals surface area (Å²) in [5.41, 5.74) is 1.27. The van der Waals surface area contributed by atoms with Gasteiger partial charge >= 0.3 is 0 Å². The monoisotopic (exact) mass is 188 g/mol. The van der Waals surface area contributed by atoms with Crippen molar-refractivity contribution < 1.29 is 0 Å². The van der Waals surface area contributed by atoms with Crippen LogP contribution in [0, 0.1) is 0 Å². The fourth-order valence-corrected chi connectivity index (χ4v) is 1.59. The maximum Gasteiger partial charge on any atom is 0.0298 e. The summed E-state index contributed by atoms with van der Waals surface area (Å²) in [5, 5.41) is 3.34. The number of nitrogens with zero attached hydrogens (tertiary/aromatic N) is 1. The van der Waals surface area contributed by atoms with Crippen LogP contribution in [-0.4, -0.2) is 31.1 Å². The molecule has 1 aromatic carbocycles. The summed E-state index contributed by atoms with van der Waals surface area (Å²) in [6.07, 6.45) is 4.36. The van der Waals surface area contributed by atoms with Crippen LogP contribution in [0.3, 0.4) is 0 Å². The third kappa shape index (κ3) is 2.60. The van der Waals surface area contributed by atoms with Crippen LogP contribution in [0.4, 0.5) is 0 Å². The molecule has 74 valence electrons. The predicted molar refractivity (Wildman–Crippen MR) is 59.9 cm³/mol. The van der Waals surface area contributed by atoms with E-state index in [1.54, 1.807) is 0 Å². The minimum atomic E-state index is 1.10. The van der Waals surface area contributed by atoms with Crippen LogP contribution >= 0.6 is 0 Å². The number of hydrogen-bond donors (Lipinski definition) is 1. The largest absolute Gasteiger partial charge is 0.375 e. The van der Waals surface area contributed by atoms with E-state index < -0.39 is 0 Å². The Kier molecular flexibility index (Phi) is 3.19. The SMILES string of the molecule is C(=C\N1CCNCC1)/c1ccccc1. The second-order valence-electron chi connectivity index (χ2n) is 3.51. The van der Waals surface area contributed by atoms with E-state index in [1.165, 1.54) is 5.56 Å². The number of benzene rings is 1. The third-order valence-corrected chi connectivity index (χ3v) is 2.43. The zero-order chi connectivity index (χ0) is 9.64. The van der Waals surface area contributed by atoms with Gasteiger partial charge in [0, 0.05) is 26.2 Å². The van der Waals surface area contributed by atoms with Crippen LogP contribution in [0.15, 0.2) is 36.5 Å². The van der Waals surface area contributed by atoms with Gasteiger partial charge in [0.1, 0.15) is 0 Å². The van der Waals surface area contributed by atoms with Gasteiger partial charge in [0.05, 0.1) is 0 Å². The van der Waals surface area contributed by atoms with Gasteiger partial charge < -0.3 is 10.2 Å². The van der Waals surface area contributed by atoms with Gasteiger partial charge in [-0.15, -0.1) is 0 Å². The first-order valence-corrected chi connectivity index (χ1v) is 5.13. The number of piperazine rings is 1. The maximum absolute atomic E-state index is 3.34. The second kappa shape index (κ2) is 4.82. The zero-order valence-corrected chi connectivity index (χ0v) is 8.32. The lowest BCUT2D eigenvalue weighted by atomic mass is 10.2. The quantitative estimate of drug-likeness (QED) is 0.757. The normalized spacial score (nSPS) is 17.6. The van der Waals surface area contributed by atoms with E-state index in [2.05, 4.69) is 46.8 Å². The topological polar surface area (TPSA) is 15.3 Å². The fraction of sp³-hybridized carbons (Fsp3) is 0.333. The first kappa shape index (κ1) is 9.28. The van der Waals surface area contributed by atoms with E-state index in [1.807, 2.05) is 6.07 Å². The van der Waals surface area contributed by atoms with Crippen molar-refractivity contribution in [2.75, 3.05) is 26.2 Å². The first-order valence-electron chi connectivity index (χ1n) is 5.13. The van der Waals surface area contributed by atoms with Gasteiger partial charge in [0.2, 0.25) is 0 Å². The summed E-state index contributed by atoms with van der Waals surface area (Å²) in [6.45, 7) is 4.42. The minimum absolute atomic E-state index is 1.10. The van der Waals surface area contributed by atoms with E-state index in [9.17, 15) is 0 Å². The average Bonchev–Trinajstić information content (AvgIpc) is 2.29. The molecule has 0 amide bonds. The lowest BCUT2D eigenvalue weighted by Crippen LogP contribution is -2.40. The van der Waals surface area contributed by atoms with Crippen molar-refractivity contribution in [1.29, 1.82) is 0 Å². The second-order valence-corrected chi connectivity index (χ2v) is 3.51. The molecule has 1 N–H and O–H groups in total. The molecule has 2 nitrogen and oxygen atoms in total. The van der Waals surface area contributed by atoms with E-state index in [0.29, 0.717) is 0 Å². The molecule has 0 unspecified atom stereocenters. The minimum Gasteiger partial charge on any atom is -0.375 e. The van der Waals surface area contributed by atoms with Gasteiger partial charge in [-0.1, -0.05) is 30.3 Å². The van der Waals surface area contributed by atoms with Crippen LogP contribution < -0.4 is 5.32 Å². The molecule has 0 saturated carbocycles. The van der Waals surface area contributed by atoms with E-state index in [0.717, 1.165) is 26.2 Å². The van der Waals surface area contributed by atoms with Crippen molar-refractivity contribution in [2.45, 2.75) is 0 Å². The van der Waals surface area contributed by atoms with Gasteiger partial charge in [-0.3, -0.25) is 0 Å². The number of hydrogen-bond acceptors (Lipinski definition) is 2. The smallest absolute Gasteiger partial charge is 0.0298 e. The molecule has 1 aliphatic rings. The molecule has 1 fully saturated rings. The summed E-state index contributed by atoms with van der Waals surface area (Å²) >= 11 is 0. The Morgan fingerprint density at radius 2 is 1.79 bits per heavy atom. The molecule has 0 bridgehead atoms. The first-order chi connectivity index (χ1) is 6.95. The van der Waals surface area contributed by atoms with Crippen molar-refractivity contribution in [3.63, 3.8) is 0 Å². The van der Waals surface area contributed by atoms with Crippen LogP contribution in [-0.2, 0) is 0 Å². The molecule has 2 rings (SSSR count). The van der Waals surface area contributed by atoms with Crippen LogP contribution in [0.5, 0.6) is 0 Å². The standard InChI is InChI=1S/C12H16N2/c1-2-4-12(5-3-1)6-9-14-10-7-13-8-11-14/h1-6,9,13H,7-8,10-11H2/b9-6+. The van der Waals surface area contributed by atoms with Crippen molar-refractivity contribution in [1.82, 2.24) is 10.2 Å². The van der Waals surface area contributed by atoms with Gasteiger partial charge in [-0.25, -0.2) is 0 Å². The lowest BCUT2D eigenvalue weighted by molar-refractivity contribution is 0.326. The van der Waals surface area contributed by atoms with Crippen molar-refractivity contribution in [2.24, 2.45) is 0 Å². The maximum atomic E-state index is 3.34. The van der Waals surface area contributed by atoms with E-state index >= 15 is 0 Å². The van der Waals surface area contributed by atoms with Crippen LogP contribution in [0.1, 0.15) is 5.56 Å². The highest BCUT2D eigenvalue weighted by molar-refractivity contribution is 5.48. The molecule has 1 saturated heterocycles. The molecular formula is C12H16N2. The molecule has 1 aliphatic heterocycles. The average molecular weight is 188 g/mol. The molecule has 0 atom stereocenters. The molecule has 2 heteroatoms. The zero-order valence-electron chi connectivity index (χ0n) is 8.32. The highest BCUT2D eigenvalue weighted by atomic mass is 15.2. The predicted octanol–water partition coefficient (Wildman–Crippen LogP) is 1.56. The van der Waals surface area contributed by atoms with Crippen LogP contribution in [0.25, 0.3) is 6.08 Å². The summed E-state index contributed by atoms with van der Waals surface area (Å²) in [7, 11) is 0. The summed E-state index contributed by atoms with van der Waals surface area (Å²) in [5.74, 6) is 0. The lowest BCUT2D eigenvalue weighted by Gasteiger charge is -2.25. The summed E-state index contributed by atoms with van der Waals surface area (Å²) in [4.78, 5) is 2.35. The molecule has 0 radical (unpaired) electrons. The molecule has 1 aromatic rings. The highest BCUT2D eigenvalue weighted by Gasteiger charge is 2.03. The molecule has 0 aromatic heterocycles. The number of rotatable bonds is 2. The van der Waals surface area contributed by atoms with Crippen molar-refractivity contribution in [3.05, 3.63) is 42.1 Å². The molecular weight excluding hydrogens is 172 g/mol.